The normalized spacial score (nSPS) is 10.4. The van der Waals surface area contributed by atoms with E-state index in [4.69, 9.17) is 13.8 Å². The third kappa shape index (κ3) is 4.50. The fraction of sp³-hybridized carbons (Fsp3) is 0.100. The molecule has 0 radical (unpaired) electrons. The van der Waals surface area contributed by atoms with Crippen molar-refractivity contribution in [2.24, 2.45) is 0 Å². The van der Waals surface area contributed by atoms with E-state index < -0.39 is 8.38 Å². The predicted molar refractivity (Wildman–Crippen MR) is 97.8 cm³/mol. The first-order valence-corrected chi connectivity index (χ1v) is 9.07. The smallest absolute Gasteiger partial charge is 0.295 e. The van der Waals surface area contributed by atoms with Crippen LogP contribution in [-0.4, -0.2) is 7.11 Å². The highest BCUT2D eigenvalue weighted by Gasteiger charge is 2.18. The van der Waals surface area contributed by atoms with Gasteiger partial charge in [-0.25, -0.2) is 0 Å². The van der Waals surface area contributed by atoms with Crippen molar-refractivity contribution in [3.05, 3.63) is 90.5 Å². The van der Waals surface area contributed by atoms with Gasteiger partial charge in [-0.2, -0.15) is 0 Å². The fourth-order valence-corrected chi connectivity index (χ4v) is 3.67. The minimum atomic E-state index is -1.19. The average molecular weight is 338 g/mol. The van der Waals surface area contributed by atoms with Crippen LogP contribution in [0.2, 0.25) is 0 Å². The summed E-state index contributed by atoms with van der Waals surface area (Å²) in [5, 5.41) is 0. The molecule has 0 aliphatic heterocycles. The Labute approximate surface area is 143 Å². The van der Waals surface area contributed by atoms with Crippen molar-refractivity contribution in [3.63, 3.8) is 0 Å². The van der Waals surface area contributed by atoms with Gasteiger partial charge in [0.2, 0.25) is 0 Å². The van der Waals surface area contributed by atoms with Crippen molar-refractivity contribution in [2.75, 3.05) is 7.11 Å². The Kier molecular flexibility index (Phi) is 5.70. The molecule has 122 valence electrons. The van der Waals surface area contributed by atoms with Gasteiger partial charge in [0.25, 0.3) is 8.38 Å². The van der Waals surface area contributed by atoms with Gasteiger partial charge in [0.05, 0.1) is 13.3 Å². The van der Waals surface area contributed by atoms with Gasteiger partial charge in [-0.05, 0) is 30.3 Å². The molecular formula is C20H19O3P. The molecule has 0 spiro atoms. The molecule has 0 unspecified atom stereocenters. The van der Waals surface area contributed by atoms with Crippen LogP contribution in [0.3, 0.4) is 0 Å². The molecule has 0 aromatic heterocycles. The average Bonchev–Trinajstić information content (AvgIpc) is 2.64. The quantitative estimate of drug-likeness (QED) is 0.520. The molecule has 24 heavy (non-hydrogen) atoms. The molecule has 0 amide bonds. The van der Waals surface area contributed by atoms with Gasteiger partial charge in [0.1, 0.15) is 17.2 Å². The van der Waals surface area contributed by atoms with Gasteiger partial charge in [-0.1, -0.05) is 54.6 Å². The summed E-state index contributed by atoms with van der Waals surface area (Å²) in [6, 6.07) is 27.4. The van der Waals surface area contributed by atoms with Crippen LogP contribution in [-0.2, 0) is 6.16 Å². The molecular weight excluding hydrogens is 319 g/mol. The van der Waals surface area contributed by atoms with Gasteiger partial charge >= 0.3 is 0 Å². The number of para-hydroxylation sites is 3. The van der Waals surface area contributed by atoms with Crippen LogP contribution in [0.5, 0.6) is 17.2 Å². The summed E-state index contributed by atoms with van der Waals surface area (Å²) in [6.07, 6.45) is 0.642. The van der Waals surface area contributed by atoms with Crippen molar-refractivity contribution in [1.29, 1.82) is 0 Å². The largest absolute Gasteiger partial charge is 0.496 e. The predicted octanol–water partition coefficient (Wildman–Crippen LogP) is 5.67. The lowest BCUT2D eigenvalue weighted by Crippen LogP contribution is -2.00. The summed E-state index contributed by atoms with van der Waals surface area (Å²) in [6.45, 7) is 0. The van der Waals surface area contributed by atoms with Crippen LogP contribution in [0.25, 0.3) is 0 Å². The van der Waals surface area contributed by atoms with Crippen molar-refractivity contribution in [2.45, 2.75) is 6.16 Å². The number of methoxy groups -OCH3 is 1. The maximum Gasteiger partial charge on any atom is 0.295 e. The van der Waals surface area contributed by atoms with Crippen LogP contribution < -0.4 is 13.8 Å². The Morgan fingerprint density at radius 2 is 1.17 bits per heavy atom. The van der Waals surface area contributed by atoms with Gasteiger partial charge in [-0.15, -0.1) is 0 Å². The molecule has 4 heteroatoms. The van der Waals surface area contributed by atoms with E-state index in [0.29, 0.717) is 6.16 Å². The van der Waals surface area contributed by atoms with Crippen LogP contribution in [0.4, 0.5) is 0 Å². The van der Waals surface area contributed by atoms with E-state index in [2.05, 4.69) is 0 Å². The van der Waals surface area contributed by atoms with E-state index in [1.807, 2.05) is 84.9 Å². The highest BCUT2D eigenvalue weighted by atomic mass is 31.2. The highest BCUT2D eigenvalue weighted by molar-refractivity contribution is 7.47. The molecule has 3 nitrogen and oxygen atoms in total. The summed E-state index contributed by atoms with van der Waals surface area (Å²) < 4.78 is 17.7. The van der Waals surface area contributed by atoms with Crippen LogP contribution in [0, 0.1) is 0 Å². The molecule has 0 fully saturated rings. The Balaban J connectivity index is 1.81. The van der Waals surface area contributed by atoms with Crippen molar-refractivity contribution in [3.8, 4) is 17.2 Å². The molecule has 0 aliphatic carbocycles. The first-order valence-electron chi connectivity index (χ1n) is 7.70. The Hall–Kier alpha value is -2.51. The Bertz CT molecular complexity index is 706. The molecule has 0 aliphatic rings. The molecule has 0 atom stereocenters. The minimum absolute atomic E-state index is 0.642. The number of hydrogen-bond acceptors (Lipinski definition) is 3. The van der Waals surface area contributed by atoms with Crippen molar-refractivity contribution < 1.29 is 13.8 Å². The Morgan fingerprint density at radius 3 is 1.71 bits per heavy atom. The van der Waals surface area contributed by atoms with E-state index in [-0.39, 0.29) is 0 Å². The number of hydrogen-bond donors (Lipinski definition) is 0. The van der Waals surface area contributed by atoms with Crippen LogP contribution in [0.15, 0.2) is 84.9 Å². The first-order chi connectivity index (χ1) is 11.8. The van der Waals surface area contributed by atoms with E-state index in [1.165, 1.54) is 0 Å². The molecule has 0 bridgehead atoms. The fourth-order valence-electron chi connectivity index (χ4n) is 2.25. The van der Waals surface area contributed by atoms with Gasteiger partial charge in [0, 0.05) is 5.56 Å². The van der Waals surface area contributed by atoms with Crippen molar-refractivity contribution in [1.82, 2.24) is 0 Å². The molecule has 3 aromatic carbocycles. The molecule has 3 rings (SSSR count). The summed E-state index contributed by atoms with van der Waals surface area (Å²) >= 11 is 0. The lowest BCUT2D eigenvalue weighted by atomic mass is 10.2. The summed E-state index contributed by atoms with van der Waals surface area (Å²) in [5.41, 5.74) is 1.07. The van der Waals surface area contributed by atoms with E-state index in [0.717, 1.165) is 22.8 Å². The summed E-state index contributed by atoms with van der Waals surface area (Å²) in [5.74, 6) is 2.45. The second kappa shape index (κ2) is 8.37. The van der Waals surface area contributed by atoms with Gasteiger partial charge < -0.3 is 13.8 Å². The topological polar surface area (TPSA) is 27.7 Å². The monoisotopic (exact) mass is 338 g/mol. The van der Waals surface area contributed by atoms with Gasteiger partial charge in [-0.3, -0.25) is 0 Å². The standard InChI is InChI=1S/C20H19O3P/c1-21-20-15-9-8-10-17(20)16-24(22-18-11-4-2-5-12-18)23-19-13-6-3-7-14-19/h2-15H,16H2,1H3. The maximum absolute atomic E-state index is 6.11. The summed E-state index contributed by atoms with van der Waals surface area (Å²) in [7, 11) is 0.486. The first kappa shape index (κ1) is 16.4. The number of rotatable bonds is 7. The second-order valence-corrected chi connectivity index (χ2v) is 6.46. The zero-order chi connectivity index (χ0) is 16.6. The molecule has 0 N–H and O–H groups in total. The molecule has 0 saturated carbocycles. The van der Waals surface area contributed by atoms with E-state index in [9.17, 15) is 0 Å². The lowest BCUT2D eigenvalue weighted by Gasteiger charge is -2.19. The number of benzene rings is 3. The SMILES string of the molecule is COc1ccccc1CP(Oc1ccccc1)Oc1ccccc1. The minimum Gasteiger partial charge on any atom is -0.496 e. The molecule has 0 saturated heterocycles. The zero-order valence-electron chi connectivity index (χ0n) is 13.5. The zero-order valence-corrected chi connectivity index (χ0v) is 14.4. The highest BCUT2D eigenvalue weighted by Crippen LogP contribution is 2.44. The molecule has 3 aromatic rings. The van der Waals surface area contributed by atoms with E-state index in [1.54, 1.807) is 7.11 Å². The van der Waals surface area contributed by atoms with E-state index >= 15 is 0 Å². The van der Waals surface area contributed by atoms with Crippen molar-refractivity contribution >= 4 is 8.38 Å². The second-order valence-electron chi connectivity index (χ2n) is 5.11. The third-order valence-corrected chi connectivity index (χ3v) is 4.82. The van der Waals surface area contributed by atoms with Crippen LogP contribution in [0.1, 0.15) is 5.56 Å². The lowest BCUT2D eigenvalue weighted by molar-refractivity contribution is 0.410. The Morgan fingerprint density at radius 1 is 0.667 bits per heavy atom. The third-order valence-electron chi connectivity index (χ3n) is 3.39. The maximum atomic E-state index is 6.11. The molecule has 0 heterocycles. The van der Waals surface area contributed by atoms with Crippen LogP contribution >= 0.6 is 8.38 Å². The summed E-state index contributed by atoms with van der Waals surface area (Å²) in [4.78, 5) is 0. The number of ether oxygens (including phenoxy) is 1. The van der Waals surface area contributed by atoms with Gasteiger partial charge in [0.15, 0.2) is 0 Å².